The Morgan fingerprint density at radius 2 is 2.00 bits per heavy atom. The molecule has 0 bridgehead atoms. The average molecular weight is 219 g/mol. The van der Waals surface area contributed by atoms with Crippen molar-refractivity contribution in [3.63, 3.8) is 0 Å². The molecule has 2 N–H and O–H groups in total. The molecular formula is C13H17NO2. The SMILES string of the molecule is Oc1cccc2c1OC1(CCCCC1)CN2. The Morgan fingerprint density at radius 1 is 1.19 bits per heavy atom. The summed E-state index contributed by atoms with van der Waals surface area (Å²) in [4.78, 5) is 0. The Morgan fingerprint density at radius 3 is 2.81 bits per heavy atom. The van der Waals surface area contributed by atoms with Crippen LogP contribution in [0, 0.1) is 0 Å². The fourth-order valence-corrected chi connectivity index (χ4v) is 2.76. The van der Waals surface area contributed by atoms with Crippen LogP contribution in [-0.2, 0) is 0 Å². The van der Waals surface area contributed by atoms with E-state index in [-0.39, 0.29) is 11.4 Å². The molecule has 0 aromatic heterocycles. The van der Waals surface area contributed by atoms with Crippen molar-refractivity contribution in [1.29, 1.82) is 0 Å². The maximum Gasteiger partial charge on any atom is 0.184 e. The molecule has 1 aliphatic carbocycles. The molecule has 1 fully saturated rings. The summed E-state index contributed by atoms with van der Waals surface area (Å²) >= 11 is 0. The first-order valence-corrected chi connectivity index (χ1v) is 6.04. The van der Waals surface area contributed by atoms with E-state index in [1.165, 1.54) is 19.3 Å². The highest BCUT2D eigenvalue weighted by atomic mass is 16.5. The third-order valence-corrected chi connectivity index (χ3v) is 3.68. The summed E-state index contributed by atoms with van der Waals surface area (Å²) in [5, 5.41) is 13.2. The molecule has 0 amide bonds. The highest BCUT2D eigenvalue weighted by Gasteiger charge is 2.38. The number of nitrogens with one attached hydrogen (secondary N) is 1. The van der Waals surface area contributed by atoms with E-state index in [1.54, 1.807) is 6.07 Å². The van der Waals surface area contributed by atoms with Gasteiger partial charge in [0.15, 0.2) is 11.5 Å². The molecule has 3 nitrogen and oxygen atoms in total. The normalized spacial score (nSPS) is 22.0. The molecule has 1 spiro atoms. The lowest BCUT2D eigenvalue weighted by atomic mass is 9.83. The molecule has 16 heavy (non-hydrogen) atoms. The molecule has 1 aromatic carbocycles. The van der Waals surface area contributed by atoms with E-state index in [9.17, 15) is 5.11 Å². The second-order valence-electron chi connectivity index (χ2n) is 4.85. The Labute approximate surface area is 95.4 Å². The first kappa shape index (κ1) is 9.82. The number of fused-ring (bicyclic) bond motifs is 1. The van der Waals surface area contributed by atoms with Gasteiger partial charge in [-0.3, -0.25) is 0 Å². The van der Waals surface area contributed by atoms with E-state index in [0.717, 1.165) is 25.1 Å². The summed E-state index contributed by atoms with van der Waals surface area (Å²) in [6.07, 6.45) is 5.94. The smallest absolute Gasteiger partial charge is 0.184 e. The molecule has 86 valence electrons. The summed E-state index contributed by atoms with van der Waals surface area (Å²) in [7, 11) is 0. The van der Waals surface area contributed by atoms with Crippen LogP contribution in [0.25, 0.3) is 0 Å². The van der Waals surface area contributed by atoms with Gasteiger partial charge in [0.2, 0.25) is 0 Å². The van der Waals surface area contributed by atoms with E-state index >= 15 is 0 Å². The number of phenolic OH excluding ortho intramolecular Hbond substituents is 1. The number of rotatable bonds is 0. The minimum atomic E-state index is -0.0793. The van der Waals surface area contributed by atoms with Crippen LogP contribution < -0.4 is 10.1 Å². The second kappa shape index (κ2) is 3.58. The van der Waals surface area contributed by atoms with Crippen LogP contribution in [0.5, 0.6) is 11.5 Å². The predicted octanol–water partition coefficient (Wildman–Crippen LogP) is 2.90. The van der Waals surface area contributed by atoms with Crippen LogP contribution in [0.4, 0.5) is 5.69 Å². The van der Waals surface area contributed by atoms with Gasteiger partial charge < -0.3 is 15.2 Å². The summed E-state index contributed by atoms with van der Waals surface area (Å²) in [5.74, 6) is 0.880. The Hall–Kier alpha value is -1.38. The van der Waals surface area contributed by atoms with Crippen molar-refractivity contribution in [2.45, 2.75) is 37.7 Å². The lowest BCUT2D eigenvalue weighted by molar-refractivity contribution is 0.0343. The van der Waals surface area contributed by atoms with Gasteiger partial charge in [-0.25, -0.2) is 0 Å². The topological polar surface area (TPSA) is 41.5 Å². The number of ether oxygens (including phenoxy) is 1. The van der Waals surface area contributed by atoms with Crippen molar-refractivity contribution in [1.82, 2.24) is 0 Å². The number of para-hydroxylation sites is 1. The third-order valence-electron chi connectivity index (χ3n) is 3.68. The highest BCUT2D eigenvalue weighted by molar-refractivity contribution is 5.64. The first-order valence-electron chi connectivity index (χ1n) is 6.04. The first-order chi connectivity index (χ1) is 7.79. The van der Waals surface area contributed by atoms with E-state index in [4.69, 9.17) is 4.74 Å². The van der Waals surface area contributed by atoms with Crippen molar-refractivity contribution in [2.24, 2.45) is 0 Å². The highest BCUT2D eigenvalue weighted by Crippen LogP contribution is 2.44. The van der Waals surface area contributed by atoms with E-state index in [2.05, 4.69) is 5.32 Å². The van der Waals surface area contributed by atoms with Crippen molar-refractivity contribution in [3.8, 4) is 11.5 Å². The molecule has 0 saturated heterocycles. The summed E-state index contributed by atoms with van der Waals surface area (Å²) in [6.45, 7) is 0.865. The summed E-state index contributed by atoms with van der Waals surface area (Å²) in [5.41, 5.74) is 0.834. The molecule has 1 saturated carbocycles. The van der Waals surface area contributed by atoms with Gasteiger partial charge in [0, 0.05) is 0 Å². The second-order valence-corrected chi connectivity index (χ2v) is 4.85. The van der Waals surface area contributed by atoms with Crippen LogP contribution in [0.2, 0.25) is 0 Å². The molecule has 0 radical (unpaired) electrons. The number of benzene rings is 1. The third kappa shape index (κ3) is 1.51. The minimum Gasteiger partial charge on any atom is -0.504 e. The van der Waals surface area contributed by atoms with E-state index in [0.29, 0.717) is 5.75 Å². The van der Waals surface area contributed by atoms with Gasteiger partial charge in [-0.05, 0) is 37.8 Å². The zero-order valence-corrected chi connectivity index (χ0v) is 9.33. The number of hydrogen-bond acceptors (Lipinski definition) is 3. The predicted molar refractivity (Wildman–Crippen MR) is 63.0 cm³/mol. The molecule has 3 heteroatoms. The van der Waals surface area contributed by atoms with Crippen LogP contribution in [0.3, 0.4) is 0 Å². The lowest BCUT2D eigenvalue weighted by Crippen LogP contribution is -2.47. The van der Waals surface area contributed by atoms with Gasteiger partial charge in [0.1, 0.15) is 5.60 Å². The molecule has 3 rings (SSSR count). The average Bonchev–Trinajstić information content (AvgIpc) is 2.32. The standard InChI is InChI=1S/C13H17NO2/c15-11-6-4-5-10-12(11)16-13(9-14-10)7-2-1-3-8-13/h4-6,14-15H,1-3,7-9H2. The van der Waals surface area contributed by atoms with Crippen molar-refractivity contribution < 1.29 is 9.84 Å². The Bertz CT molecular complexity index is 397. The van der Waals surface area contributed by atoms with Gasteiger partial charge in [-0.2, -0.15) is 0 Å². The quantitative estimate of drug-likeness (QED) is 0.705. The maximum atomic E-state index is 9.81. The number of aromatic hydroxyl groups is 1. The molecule has 1 heterocycles. The Balaban J connectivity index is 1.92. The largest absolute Gasteiger partial charge is 0.504 e. The van der Waals surface area contributed by atoms with Crippen molar-refractivity contribution in [3.05, 3.63) is 18.2 Å². The van der Waals surface area contributed by atoms with Gasteiger partial charge >= 0.3 is 0 Å². The van der Waals surface area contributed by atoms with Gasteiger partial charge in [0.25, 0.3) is 0 Å². The monoisotopic (exact) mass is 219 g/mol. The maximum absolute atomic E-state index is 9.81. The summed E-state index contributed by atoms with van der Waals surface area (Å²) in [6, 6.07) is 5.47. The zero-order chi connectivity index (χ0) is 11.0. The van der Waals surface area contributed by atoms with E-state index < -0.39 is 0 Å². The van der Waals surface area contributed by atoms with Crippen LogP contribution in [0.1, 0.15) is 32.1 Å². The molecule has 1 aliphatic heterocycles. The lowest BCUT2D eigenvalue weighted by Gasteiger charge is -2.41. The fraction of sp³-hybridized carbons (Fsp3) is 0.538. The fourth-order valence-electron chi connectivity index (χ4n) is 2.76. The van der Waals surface area contributed by atoms with Crippen LogP contribution >= 0.6 is 0 Å². The van der Waals surface area contributed by atoms with Crippen LogP contribution in [0.15, 0.2) is 18.2 Å². The Kier molecular flexibility index (Phi) is 2.20. The molecule has 2 aliphatic rings. The number of phenols is 1. The number of anilines is 1. The molecule has 0 atom stereocenters. The van der Waals surface area contributed by atoms with E-state index in [1.807, 2.05) is 12.1 Å². The van der Waals surface area contributed by atoms with Crippen LogP contribution in [-0.4, -0.2) is 17.3 Å². The van der Waals surface area contributed by atoms with Crippen molar-refractivity contribution in [2.75, 3.05) is 11.9 Å². The molecule has 1 aromatic rings. The number of hydrogen-bond donors (Lipinski definition) is 2. The molecule has 0 unspecified atom stereocenters. The molecular weight excluding hydrogens is 202 g/mol. The van der Waals surface area contributed by atoms with Gasteiger partial charge in [-0.15, -0.1) is 0 Å². The zero-order valence-electron chi connectivity index (χ0n) is 9.33. The van der Waals surface area contributed by atoms with Gasteiger partial charge in [-0.1, -0.05) is 12.5 Å². The van der Waals surface area contributed by atoms with Crippen molar-refractivity contribution >= 4 is 5.69 Å². The summed E-state index contributed by atoms with van der Waals surface area (Å²) < 4.78 is 6.08. The van der Waals surface area contributed by atoms with Gasteiger partial charge in [0.05, 0.1) is 12.2 Å². The minimum absolute atomic E-state index is 0.0793.